The summed E-state index contributed by atoms with van der Waals surface area (Å²) in [6.45, 7) is 4.86. The van der Waals surface area contributed by atoms with E-state index in [-0.39, 0.29) is 23.6 Å². The van der Waals surface area contributed by atoms with Crippen LogP contribution in [0.15, 0.2) is 72.8 Å². The number of hydrogen-bond acceptors (Lipinski definition) is 5. The van der Waals surface area contributed by atoms with Gasteiger partial charge in [-0.1, -0.05) is 30.7 Å². The minimum atomic E-state index is -0.314. The Labute approximate surface area is 227 Å². The molecule has 8 nitrogen and oxygen atoms in total. The van der Waals surface area contributed by atoms with Crippen LogP contribution in [0.5, 0.6) is 11.5 Å². The molecule has 1 saturated carbocycles. The van der Waals surface area contributed by atoms with Gasteiger partial charge in [0, 0.05) is 29.3 Å². The Morgan fingerprint density at radius 2 is 1.82 bits per heavy atom. The smallest absolute Gasteiger partial charge is 0.342 e. The first-order chi connectivity index (χ1) is 18.9. The topological polar surface area (TPSA) is 105 Å². The van der Waals surface area contributed by atoms with Gasteiger partial charge in [0.1, 0.15) is 11.5 Å². The molecule has 200 valence electrons. The Hall–Kier alpha value is -4.59. The molecule has 3 aromatic carbocycles. The van der Waals surface area contributed by atoms with Crippen molar-refractivity contribution in [3.05, 3.63) is 95.2 Å². The standard InChI is InChI=1S/C31H32N4O4/c1-3-39-25-14-11-22(12-15-25)30(37)33-24-13-16-29(36)26(17-24)27-18-28(21-9-6-10-21)35(34-27)31(38)32-19-23-8-5-4-7-20(23)2/h4-5,7-8,11-18,21,36H,3,6,9-10,19H2,1-2H3,(H,32,38)(H,33,37). The third-order valence-corrected chi connectivity index (χ3v) is 7.10. The zero-order chi connectivity index (χ0) is 27.4. The minimum absolute atomic E-state index is 0.0131. The highest BCUT2D eigenvalue weighted by molar-refractivity contribution is 6.04. The van der Waals surface area contributed by atoms with E-state index in [0.29, 0.717) is 41.4 Å². The molecule has 0 spiro atoms. The van der Waals surface area contributed by atoms with Crippen molar-refractivity contribution in [3.8, 4) is 22.8 Å². The van der Waals surface area contributed by atoms with Gasteiger partial charge >= 0.3 is 6.03 Å². The van der Waals surface area contributed by atoms with E-state index < -0.39 is 0 Å². The second-order valence-electron chi connectivity index (χ2n) is 9.72. The van der Waals surface area contributed by atoms with Gasteiger partial charge in [0.05, 0.1) is 18.0 Å². The van der Waals surface area contributed by atoms with Gasteiger partial charge in [-0.25, -0.2) is 4.79 Å². The van der Waals surface area contributed by atoms with Gasteiger partial charge in [-0.3, -0.25) is 4.79 Å². The van der Waals surface area contributed by atoms with Crippen LogP contribution in [0.1, 0.15) is 59.3 Å². The summed E-state index contributed by atoms with van der Waals surface area (Å²) < 4.78 is 6.86. The summed E-state index contributed by atoms with van der Waals surface area (Å²) in [4.78, 5) is 26.0. The number of phenolic OH excluding ortho intramolecular Hbond substituents is 1. The van der Waals surface area contributed by atoms with Crippen LogP contribution in [0.4, 0.5) is 10.5 Å². The highest BCUT2D eigenvalue weighted by atomic mass is 16.5. The molecule has 3 N–H and O–H groups in total. The second kappa shape index (κ2) is 11.4. The number of amides is 2. The Morgan fingerprint density at radius 3 is 2.51 bits per heavy atom. The molecule has 1 aliphatic rings. The van der Waals surface area contributed by atoms with Gasteiger partial charge in [0.2, 0.25) is 0 Å². The number of nitrogens with zero attached hydrogens (tertiary/aromatic N) is 2. The summed E-state index contributed by atoms with van der Waals surface area (Å²) >= 11 is 0. The maximum Gasteiger partial charge on any atom is 0.342 e. The maximum atomic E-state index is 13.2. The lowest BCUT2D eigenvalue weighted by Crippen LogP contribution is -2.31. The lowest BCUT2D eigenvalue weighted by atomic mass is 9.82. The number of aromatic nitrogens is 2. The van der Waals surface area contributed by atoms with Crippen molar-refractivity contribution >= 4 is 17.6 Å². The van der Waals surface area contributed by atoms with Crippen molar-refractivity contribution in [2.24, 2.45) is 0 Å². The molecule has 4 aromatic rings. The Balaban J connectivity index is 1.37. The van der Waals surface area contributed by atoms with Crippen LogP contribution >= 0.6 is 0 Å². The van der Waals surface area contributed by atoms with Crippen LogP contribution in [-0.4, -0.2) is 33.4 Å². The Kier molecular flexibility index (Phi) is 7.63. The van der Waals surface area contributed by atoms with E-state index in [2.05, 4.69) is 15.7 Å². The van der Waals surface area contributed by atoms with Gasteiger partial charge < -0.3 is 20.5 Å². The van der Waals surface area contributed by atoms with Gasteiger partial charge in [0.25, 0.3) is 5.91 Å². The molecule has 39 heavy (non-hydrogen) atoms. The van der Waals surface area contributed by atoms with Gasteiger partial charge in [-0.15, -0.1) is 0 Å². The van der Waals surface area contributed by atoms with Crippen molar-refractivity contribution in [1.29, 1.82) is 0 Å². The van der Waals surface area contributed by atoms with Crippen LogP contribution in [0.2, 0.25) is 0 Å². The number of nitrogens with one attached hydrogen (secondary N) is 2. The molecule has 8 heteroatoms. The molecule has 0 radical (unpaired) electrons. The highest BCUT2D eigenvalue weighted by Gasteiger charge is 2.27. The van der Waals surface area contributed by atoms with Crippen LogP contribution in [0.25, 0.3) is 11.3 Å². The SMILES string of the molecule is CCOc1ccc(C(=O)Nc2ccc(O)c(-c3cc(C4CCC4)n(C(=O)NCc4ccccc4C)n3)c2)cc1. The summed E-state index contributed by atoms with van der Waals surface area (Å²) in [6.07, 6.45) is 3.08. The summed E-state index contributed by atoms with van der Waals surface area (Å²) in [5.41, 5.74) is 4.86. The average molecular weight is 525 g/mol. The molecule has 0 aliphatic heterocycles. The molecule has 0 atom stereocenters. The number of ether oxygens (including phenoxy) is 1. The lowest BCUT2D eigenvalue weighted by molar-refractivity contribution is 0.102. The third-order valence-electron chi connectivity index (χ3n) is 7.10. The second-order valence-corrected chi connectivity index (χ2v) is 9.72. The molecular weight excluding hydrogens is 492 g/mol. The van der Waals surface area contributed by atoms with E-state index in [9.17, 15) is 14.7 Å². The monoisotopic (exact) mass is 524 g/mol. The number of carbonyl (C=O) groups is 2. The fourth-order valence-electron chi connectivity index (χ4n) is 4.63. The van der Waals surface area contributed by atoms with E-state index in [1.807, 2.05) is 44.2 Å². The van der Waals surface area contributed by atoms with Crippen LogP contribution in [0, 0.1) is 6.92 Å². The number of benzene rings is 3. The van der Waals surface area contributed by atoms with Crippen LogP contribution in [-0.2, 0) is 6.54 Å². The third kappa shape index (κ3) is 5.80. The van der Waals surface area contributed by atoms with E-state index in [4.69, 9.17) is 4.74 Å². The Bertz CT molecular complexity index is 1490. The van der Waals surface area contributed by atoms with Crippen molar-refractivity contribution in [2.75, 3.05) is 11.9 Å². The van der Waals surface area contributed by atoms with Crippen molar-refractivity contribution in [3.63, 3.8) is 0 Å². The molecule has 1 aliphatic carbocycles. The van der Waals surface area contributed by atoms with Crippen LogP contribution < -0.4 is 15.4 Å². The normalized spacial score (nSPS) is 13.0. The summed E-state index contributed by atoms with van der Waals surface area (Å²) in [7, 11) is 0. The largest absolute Gasteiger partial charge is 0.507 e. The zero-order valence-electron chi connectivity index (χ0n) is 22.1. The number of carbonyl (C=O) groups excluding carboxylic acids is 2. The maximum absolute atomic E-state index is 13.2. The first-order valence-electron chi connectivity index (χ1n) is 13.2. The fraction of sp³-hybridized carbons (Fsp3) is 0.258. The van der Waals surface area contributed by atoms with Crippen LogP contribution in [0.3, 0.4) is 0 Å². The Morgan fingerprint density at radius 1 is 1.05 bits per heavy atom. The highest BCUT2D eigenvalue weighted by Crippen LogP contribution is 2.39. The van der Waals surface area contributed by atoms with Crippen molar-refractivity contribution < 1.29 is 19.4 Å². The molecule has 0 saturated heterocycles. The number of aryl methyl sites for hydroxylation is 1. The molecule has 1 fully saturated rings. The summed E-state index contributed by atoms with van der Waals surface area (Å²) in [5, 5.41) is 21.1. The number of rotatable bonds is 8. The first-order valence-corrected chi connectivity index (χ1v) is 13.2. The van der Waals surface area contributed by atoms with Gasteiger partial charge in [-0.05, 0) is 86.3 Å². The average Bonchev–Trinajstić information content (AvgIpc) is 3.33. The number of anilines is 1. The predicted octanol–water partition coefficient (Wildman–Crippen LogP) is 6.24. The first kappa shape index (κ1) is 26.0. The quantitative estimate of drug-likeness (QED) is 0.237. The molecule has 1 heterocycles. The summed E-state index contributed by atoms with van der Waals surface area (Å²) in [6, 6.07) is 21.2. The molecule has 5 rings (SSSR count). The summed E-state index contributed by atoms with van der Waals surface area (Å²) in [5.74, 6) is 0.659. The number of hydrogen-bond donors (Lipinski definition) is 3. The van der Waals surface area contributed by atoms with E-state index in [1.54, 1.807) is 36.4 Å². The number of phenols is 1. The molecular formula is C31H32N4O4. The predicted molar refractivity (Wildman–Crippen MR) is 150 cm³/mol. The zero-order valence-corrected chi connectivity index (χ0v) is 22.1. The van der Waals surface area contributed by atoms with Gasteiger partial charge in [-0.2, -0.15) is 9.78 Å². The molecule has 0 unspecified atom stereocenters. The minimum Gasteiger partial charge on any atom is -0.507 e. The van der Waals surface area contributed by atoms with E-state index >= 15 is 0 Å². The lowest BCUT2D eigenvalue weighted by Gasteiger charge is -2.25. The van der Waals surface area contributed by atoms with Crippen molar-refractivity contribution in [2.45, 2.75) is 45.6 Å². The fourth-order valence-corrected chi connectivity index (χ4v) is 4.63. The van der Waals surface area contributed by atoms with E-state index in [1.165, 1.54) is 10.7 Å². The molecule has 2 amide bonds. The van der Waals surface area contributed by atoms with Crippen molar-refractivity contribution in [1.82, 2.24) is 15.1 Å². The number of aromatic hydroxyl groups is 1. The van der Waals surface area contributed by atoms with Gasteiger partial charge in [0.15, 0.2) is 0 Å². The molecule has 1 aromatic heterocycles. The molecule has 0 bridgehead atoms. The van der Waals surface area contributed by atoms with E-state index in [0.717, 1.165) is 36.1 Å².